The minimum atomic E-state index is -0.216. The summed E-state index contributed by atoms with van der Waals surface area (Å²) in [6, 6.07) is 13.3. The van der Waals surface area contributed by atoms with Gasteiger partial charge in [-0.3, -0.25) is 10.1 Å². The molecule has 2 N–H and O–H groups in total. The Morgan fingerprint density at radius 1 is 1.16 bits per heavy atom. The number of carbonyl (C=O) groups is 1. The quantitative estimate of drug-likeness (QED) is 0.722. The average Bonchev–Trinajstić information content (AvgIpc) is 3.03. The van der Waals surface area contributed by atoms with E-state index in [-0.39, 0.29) is 11.8 Å². The van der Waals surface area contributed by atoms with Crippen LogP contribution in [0.4, 0.5) is 5.95 Å². The summed E-state index contributed by atoms with van der Waals surface area (Å²) in [6.45, 7) is 1.88. The smallest absolute Gasteiger partial charge is 0.229 e. The molecule has 0 aliphatic carbocycles. The molecular formula is C19H21N3O3. The van der Waals surface area contributed by atoms with Crippen molar-refractivity contribution in [3.8, 4) is 11.5 Å². The number of H-pyrrole nitrogens is 1. The maximum Gasteiger partial charge on any atom is 0.229 e. The summed E-state index contributed by atoms with van der Waals surface area (Å²) in [7, 11) is 3.19. The van der Waals surface area contributed by atoms with Crippen LogP contribution in [0.3, 0.4) is 0 Å². The minimum absolute atomic E-state index is 0.0890. The van der Waals surface area contributed by atoms with E-state index in [1.54, 1.807) is 14.2 Å². The Morgan fingerprint density at radius 2 is 1.92 bits per heavy atom. The minimum Gasteiger partial charge on any atom is -0.493 e. The number of carbonyl (C=O) groups excluding carboxylic acids is 1. The summed E-state index contributed by atoms with van der Waals surface area (Å²) in [6.07, 6.45) is 0.590. The predicted octanol–water partition coefficient (Wildman–Crippen LogP) is 3.40. The summed E-state index contributed by atoms with van der Waals surface area (Å²) in [5.41, 5.74) is 2.72. The number of hydrogen-bond donors (Lipinski definition) is 2. The van der Waals surface area contributed by atoms with Crippen molar-refractivity contribution in [1.82, 2.24) is 9.97 Å². The molecule has 6 heteroatoms. The Morgan fingerprint density at radius 3 is 2.64 bits per heavy atom. The third-order valence-corrected chi connectivity index (χ3v) is 4.07. The number of para-hydroxylation sites is 2. The first-order chi connectivity index (χ1) is 12.1. The number of aromatic nitrogens is 2. The Hall–Kier alpha value is -3.02. The van der Waals surface area contributed by atoms with Crippen molar-refractivity contribution >= 4 is 22.9 Å². The molecule has 1 heterocycles. The van der Waals surface area contributed by atoms with Gasteiger partial charge in [-0.1, -0.05) is 25.1 Å². The summed E-state index contributed by atoms with van der Waals surface area (Å²) < 4.78 is 10.5. The topological polar surface area (TPSA) is 76.2 Å². The standard InChI is InChI=1S/C19H21N3O3/c1-12(10-13-8-9-16(24-2)17(11-13)25-3)18(23)22-19-20-14-6-4-5-7-15(14)21-19/h4-9,11-12H,10H2,1-3H3,(H2,20,21,22,23). The predicted molar refractivity (Wildman–Crippen MR) is 97.1 cm³/mol. The van der Waals surface area contributed by atoms with E-state index in [1.807, 2.05) is 49.4 Å². The summed E-state index contributed by atoms with van der Waals surface area (Å²) >= 11 is 0. The highest BCUT2D eigenvalue weighted by atomic mass is 16.5. The van der Waals surface area contributed by atoms with Gasteiger partial charge in [0, 0.05) is 5.92 Å². The van der Waals surface area contributed by atoms with Gasteiger partial charge in [0.05, 0.1) is 25.3 Å². The van der Waals surface area contributed by atoms with Crippen molar-refractivity contribution < 1.29 is 14.3 Å². The first kappa shape index (κ1) is 16.8. The number of anilines is 1. The number of imidazole rings is 1. The van der Waals surface area contributed by atoms with Gasteiger partial charge in [0.2, 0.25) is 11.9 Å². The van der Waals surface area contributed by atoms with Gasteiger partial charge >= 0.3 is 0 Å². The van der Waals surface area contributed by atoms with E-state index in [4.69, 9.17) is 9.47 Å². The molecule has 1 aromatic heterocycles. The van der Waals surface area contributed by atoms with Crippen LogP contribution in [-0.2, 0) is 11.2 Å². The van der Waals surface area contributed by atoms with Gasteiger partial charge in [-0.2, -0.15) is 0 Å². The second-order valence-corrected chi connectivity index (χ2v) is 5.89. The summed E-state index contributed by atoms with van der Waals surface area (Å²) in [5.74, 6) is 1.49. The van der Waals surface area contributed by atoms with Gasteiger partial charge in [-0.25, -0.2) is 4.98 Å². The monoisotopic (exact) mass is 339 g/mol. The molecule has 6 nitrogen and oxygen atoms in total. The van der Waals surface area contributed by atoms with Crippen molar-refractivity contribution in [2.75, 3.05) is 19.5 Å². The van der Waals surface area contributed by atoms with Gasteiger partial charge in [-0.05, 0) is 36.2 Å². The largest absolute Gasteiger partial charge is 0.493 e. The fourth-order valence-electron chi connectivity index (χ4n) is 2.71. The van der Waals surface area contributed by atoms with Crippen molar-refractivity contribution in [3.63, 3.8) is 0 Å². The molecule has 0 bridgehead atoms. The number of benzene rings is 2. The van der Waals surface area contributed by atoms with Crippen LogP contribution in [0, 0.1) is 5.92 Å². The zero-order chi connectivity index (χ0) is 17.8. The fraction of sp³-hybridized carbons (Fsp3) is 0.263. The van der Waals surface area contributed by atoms with Gasteiger partial charge < -0.3 is 14.5 Å². The first-order valence-electron chi connectivity index (χ1n) is 8.07. The van der Waals surface area contributed by atoms with E-state index in [9.17, 15) is 4.79 Å². The molecule has 0 spiro atoms. The highest BCUT2D eigenvalue weighted by molar-refractivity contribution is 5.92. The number of rotatable bonds is 6. The van der Waals surface area contributed by atoms with Crippen LogP contribution in [-0.4, -0.2) is 30.1 Å². The van der Waals surface area contributed by atoms with Crippen LogP contribution in [0.25, 0.3) is 11.0 Å². The van der Waals surface area contributed by atoms with Gasteiger partial charge in [0.25, 0.3) is 0 Å². The van der Waals surface area contributed by atoms with Gasteiger partial charge in [0.15, 0.2) is 11.5 Å². The second-order valence-electron chi connectivity index (χ2n) is 5.89. The SMILES string of the molecule is COc1ccc(CC(C)C(=O)Nc2nc3ccccc3[nH]2)cc1OC. The molecule has 0 aliphatic heterocycles. The lowest BCUT2D eigenvalue weighted by molar-refractivity contribution is -0.119. The van der Waals surface area contributed by atoms with E-state index in [0.29, 0.717) is 23.9 Å². The lowest BCUT2D eigenvalue weighted by atomic mass is 10.00. The number of aromatic amines is 1. The molecule has 3 rings (SSSR count). The molecule has 1 atom stereocenters. The third kappa shape index (κ3) is 3.74. The molecule has 25 heavy (non-hydrogen) atoms. The Labute approximate surface area is 146 Å². The van der Waals surface area contributed by atoms with E-state index in [2.05, 4.69) is 15.3 Å². The maximum atomic E-state index is 12.4. The van der Waals surface area contributed by atoms with E-state index in [0.717, 1.165) is 16.6 Å². The molecule has 0 saturated heterocycles. The zero-order valence-electron chi connectivity index (χ0n) is 14.5. The van der Waals surface area contributed by atoms with Crippen molar-refractivity contribution in [2.45, 2.75) is 13.3 Å². The fourth-order valence-corrected chi connectivity index (χ4v) is 2.71. The van der Waals surface area contributed by atoms with Crippen LogP contribution in [0.2, 0.25) is 0 Å². The molecule has 0 radical (unpaired) electrons. The Balaban J connectivity index is 1.68. The van der Waals surface area contributed by atoms with Gasteiger partial charge in [-0.15, -0.1) is 0 Å². The number of hydrogen-bond acceptors (Lipinski definition) is 4. The highest BCUT2D eigenvalue weighted by Gasteiger charge is 2.16. The van der Waals surface area contributed by atoms with E-state index < -0.39 is 0 Å². The van der Waals surface area contributed by atoms with Crippen LogP contribution in [0.1, 0.15) is 12.5 Å². The molecule has 0 fully saturated rings. The first-order valence-corrected chi connectivity index (χ1v) is 8.07. The molecule has 1 unspecified atom stereocenters. The molecule has 2 aromatic carbocycles. The Bertz CT molecular complexity index is 856. The third-order valence-electron chi connectivity index (χ3n) is 4.07. The van der Waals surface area contributed by atoms with Crippen molar-refractivity contribution in [1.29, 1.82) is 0 Å². The summed E-state index contributed by atoms with van der Waals surface area (Å²) in [4.78, 5) is 19.9. The van der Waals surface area contributed by atoms with E-state index in [1.165, 1.54) is 0 Å². The van der Waals surface area contributed by atoms with Crippen LogP contribution in [0.15, 0.2) is 42.5 Å². The molecule has 1 amide bonds. The number of ether oxygens (including phenoxy) is 2. The van der Waals surface area contributed by atoms with Crippen LogP contribution < -0.4 is 14.8 Å². The number of amides is 1. The number of nitrogens with one attached hydrogen (secondary N) is 2. The number of nitrogens with zero attached hydrogens (tertiary/aromatic N) is 1. The molecule has 0 saturated carbocycles. The van der Waals surface area contributed by atoms with E-state index >= 15 is 0 Å². The van der Waals surface area contributed by atoms with Crippen molar-refractivity contribution in [3.05, 3.63) is 48.0 Å². The van der Waals surface area contributed by atoms with Crippen LogP contribution >= 0.6 is 0 Å². The average molecular weight is 339 g/mol. The number of fused-ring (bicyclic) bond motifs is 1. The lowest BCUT2D eigenvalue weighted by Crippen LogP contribution is -2.22. The zero-order valence-corrected chi connectivity index (χ0v) is 14.5. The van der Waals surface area contributed by atoms with Crippen LogP contribution in [0.5, 0.6) is 11.5 Å². The highest BCUT2D eigenvalue weighted by Crippen LogP contribution is 2.28. The Kier molecular flexibility index (Phi) is 4.88. The van der Waals surface area contributed by atoms with Crippen molar-refractivity contribution in [2.24, 2.45) is 5.92 Å². The summed E-state index contributed by atoms with van der Waals surface area (Å²) in [5, 5.41) is 2.84. The second kappa shape index (κ2) is 7.25. The van der Waals surface area contributed by atoms with Gasteiger partial charge in [0.1, 0.15) is 0 Å². The number of methoxy groups -OCH3 is 2. The molecule has 130 valence electrons. The molecular weight excluding hydrogens is 318 g/mol. The molecule has 3 aromatic rings. The lowest BCUT2D eigenvalue weighted by Gasteiger charge is -2.13. The molecule has 0 aliphatic rings. The normalized spacial score (nSPS) is 12.0. The maximum absolute atomic E-state index is 12.4.